The third-order valence-electron chi connectivity index (χ3n) is 17.6. The van der Waals surface area contributed by atoms with E-state index in [4.69, 9.17) is 37.0 Å². The lowest BCUT2D eigenvalue weighted by molar-refractivity contribution is -0.161. The number of rotatable bonds is 73. The van der Waals surface area contributed by atoms with Crippen LogP contribution in [0.2, 0.25) is 0 Å². The highest BCUT2D eigenvalue weighted by Gasteiger charge is 2.30. The molecule has 2 unspecified atom stereocenters. The Kier molecular flexibility index (Phi) is 64.0. The van der Waals surface area contributed by atoms with Crippen molar-refractivity contribution in [3.63, 3.8) is 0 Å². The minimum atomic E-state index is -4.96. The van der Waals surface area contributed by atoms with Gasteiger partial charge >= 0.3 is 39.5 Å². The summed E-state index contributed by atoms with van der Waals surface area (Å²) in [5.74, 6) is 0.899. The van der Waals surface area contributed by atoms with Gasteiger partial charge < -0.3 is 33.8 Å². The number of ether oxygens (including phenoxy) is 4. The molecule has 0 spiro atoms. The molecule has 5 atom stereocenters. The molecule has 3 N–H and O–H groups in total. The minimum absolute atomic E-state index is 0.105. The Morgan fingerprint density at radius 2 is 0.442 bits per heavy atom. The van der Waals surface area contributed by atoms with Crippen LogP contribution >= 0.6 is 15.6 Å². The van der Waals surface area contributed by atoms with Gasteiger partial charge in [-0.3, -0.25) is 37.3 Å². The van der Waals surface area contributed by atoms with Gasteiger partial charge in [0.15, 0.2) is 12.2 Å². The predicted octanol–water partition coefficient (Wildman–Crippen LogP) is 22.0. The Labute approximate surface area is 581 Å². The molecule has 0 saturated carbocycles. The standard InChI is InChI=1S/C76H148O17P2/c1-66(2)52-44-36-28-22-16-11-9-10-12-19-25-31-40-48-56-73(78)86-62-71(92-75(80)58-50-42-32-26-20-14-13-17-23-29-37-45-53-67(3)4)64-90-94(82,83)88-60-70(77)61-89-95(84,85)91-65-72(63-87-74(79)57-49-41-35-34-39-47-55-69(7)8)93-76(81)59-51-43-33-27-21-15-18-24-30-38-46-54-68(5)6/h66-72,77H,9-65H2,1-8H3,(H,82,83)(H,84,85)/t70-,71-,72-/m1/s1. The average molecular weight is 1400 g/mol. The fourth-order valence-electron chi connectivity index (χ4n) is 11.6. The summed E-state index contributed by atoms with van der Waals surface area (Å²) >= 11 is 0. The van der Waals surface area contributed by atoms with Crippen molar-refractivity contribution in [3.8, 4) is 0 Å². The molecule has 0 aromatic rings. The van der Waals surface area contributed by atoms with E-state index in [2.05, 4.69) is 55.4 Å². The van der Waals surface area contributed by atoms with Crippen molar-refractivity contribution in [2.45, 2.75) is 401 Å². The molecule has 0 aliphatic carbocycles. The first-order valence-corrected chi connectivity index (χ1v) is 42.2. The Morgan fingerprint density at radius 3 is 0.653 bits per heavy atom. The Bertz CT molecular complexity index is 1870. The lowest BCUT2D eigenvalue weighted by atomic mass is 10.0. The lowest BCUT2D eigenvalue weighted by Gasteiger charge is -2.21. The van der Waals surface area contributed by atoms with Crippen molar-refractivity contribution >= 4 is 39.5 Å². The normalized spacial score (nSPS) is 14.1. The number of hydrogen-bond donors (Lipinski definition) is 3. The fraction of sp³-hybridized carbons (Fsp3) is 0.947. The average Bonchev–Trinajstić information content (AvgIpc) is 1.96. The monoisotopic (exact) mass is 1400 g/mol. The molecule has 0 aliphatic heterocycles. The molecule has 0 radical (unpaired) electrons. The highest BCUT2D eigenvalue weighted by molar-refractivity contribution is 7.47. The van der Waals surface area contributed by atoms with Gasteiger partial charge in [0.2, 0.25) is 0 Å². The van der Waals surface area contributed by atoms with E-state index in [0.717, 1.165) is 114 Å². The van der Waals surface area contributed by atoms with Gasteiger partial charge in [-0.15, -0.1) is 0 Å². The molecular formula is C76H148O17P2. The molecule has 0 bridgehead atoms. The molecule has 0 aliphatic rings. The highest BCUT2D eigenvalue weighted by atomic mass is 31.2. The number of unbranched alkanes of at least 4 members (excludes halogenated alkanes) is 39. The molecule has 0 aromatic heterocycles. The van der Waals surface area contributed by atoms with Gasteiger partial charge in [-0.2, -0.15) is 0 Å². The molecule has 0 amide bonds. The van der Waals surface area contributed by atoms with Crippen LogP contribution in [0.1, 0.15) is 383 Å². The van der Waals surface area contributed by atoms with E-state index >= 15 is 0 Å². The maximum absolute atomic E-state index is 13.1. The zero-order valence-electron chi connectivity index (χ0n) is 62.3. The number of phosphoric ester groups is 2. The van der Waals surface area contributed by atoms with E-state index < -0.39 is 97.5 Å². The van der Waals surface area contributed by atoms with E-state index in [9.17, 15) is 43.2 Å². The molecule has 0 heterocycles. The van der Waals surface area contributed by atoms with Crippen LogP contribution in [0.3, 0.4) is 0 Å². The van der Waals surface area contributed by atoms with Gasteiger partial charge in [0.05, 0.1) is 26.4 Å². The first kappa shape index (κ1) is 93.1. The number of aliphatic hydroxyl groups is 1. The maximum atomic E-state index is 13.1. The van der Waals surface area contributed by atoms with Crippen LogP contribution in [0.4, 0.5) is 0 Å². The second-order valence-corrected chi connectivity index (χ2v) is 32.2. The third kappa shape index (κ3) is 70.3. The topological polar surface area (TPSA) is 237 Å². The predicted molar refractivity (Wildman–Crippen MR) is 386 cm³/mol. The van der Waals surface area contributed by atoms with Crippen LogP contribution in [-0.4, -0.2) is 96.7 Å². The zero-order valence-corrected chi connectivity index (χ0v) is 64.1. The summed E-state index contributed by atoms with van der Waals surface area (Å²) in [7, 11) is -9.91. The summed E-state index contributed by atoms with van der Waals surface area (Å²) in [6.45, 7) is 14.2. The number of esters is 4. The second-order valence-electron chi connectivity index (χ2n) is 29.3. The van der Waals surface area contributed by atoms with E-state index in [1.807, 2.05) is 0 Å². The summed E-state index contributed by atoms with van der Waals surface area (Å²) in [6.07, 6.45) is 50.1. The fourth-order valence-corrected chi connectivity index (χ4v) is 13.1. The van der Waals surface area contributed by atoms with Crippen LogP contribution in [0.15, 0.2) is 0 Å². The van der Waals surface area contributed by atoms with Crippen molar-refractivity contribution in [2.75, 3.05) is 39.6 Å². The van der Waals surface area contributed by atoms with E-state index in [1.165, 1.54) is 180 Å². The van der Waals surface area contributed by atoms with Crippen LogP contribution in [0.25, 0.3) is 0 Å². The smallest absolute Gasteiger partial charge is 0.462 e. The van der Waals surface area contributed by atoms with Gasteiger partial charge in [0.25, 0.3) is 0 Å². The van der Waals surface area contributed by atoms with E-state index in [1.54, 1.807) is 0 Å². The molecule has 0 aromatic carbocycles. The molecule has 0 fully saturated rings. The quantitative estimate of drug-likeness (QED) is 0.0222. The van der Waals surface area contributed by atoms with Gasteiger partial charge in [0, 0.05) is 25.7 Å². The van der Waals surface area contributed by atoms with E-state index in [-0.39, 0.29) is 25.7 Å². The Morgan fingerprint density at radius 1 is 0.263 bits per heavy atom. The number of aliphatic hydroxyl groups excluding tert-OH is 1. The Balaban J connectivity index is 5.24. The highest BCUT2D eigenvalue weighted by Crippen LogP contribution is 2.45. The van der Waals surface area contributed by atoms with Crippen LogP contribution < -0.4 is 0 Å². The lowest BCUT2D eigenvalue weighted by Crippen LogP contribution is -2.30. The summed E-state index contributed by atoms with van der Waals surface area (Å²) in [5.41, 5.74) is 0. The zero-order chi connectivity index (χ0) is 70.3. The number of carbonyl (C=O) groups excluding carboxylic acids is 4. The maximum Gasteiger partial charge on any atom is 0.472 e. The van der Waals surface area contributed by atoms with Crippen molar-refractivity contribution in [1.82, 2.24) is 0 Å². The third-order valence-corrected chi connectivity index (χ3v) is 19.5. The molecule has 95 heavy (non-hydrogen) atoms. The molecule has 564 valence electrons. The molecule has 19 heteroatoms. The van der Waals surface area contributed by atoms with Gasteiger partial charge in [-0.25, -0.2) is 9.13 Å². The summed E-state index contributed by atoms with van der Waals surface area (Å²) in [6, 6.07) is 0. The van der Waals surface area contributed by atoms with Crippen LogP contribution in [0, 0.1) is 23.7 Å². The first-order chi connectivity index (χ1) is 45.6. The molecule has 0 saturated heterocycles. The van der Waals surface area contributed by atoms with Crippen molar-refractivity contribution in [2.24, 2.45) is 23.7 Å². The number of phosphoric acid groups is 2. The number of hydrogen-bond acceptors (Lipinski definition) is 15. The number of carbonyl (C=O) groups is 4. The second kappa shape index (κ2) is 65.4. The van der Waals surface area contributed by atoms with Crippen molar-refractivity contribution in [3.05, 3.63) is 0 Å². The van der Waals surface area contributed by atoms with Gasteiger partial charge in [-0.05, 0) is 49.4 Å². The summed E-state index contributed by atoms with van der Waals surface area (Å²) in [5, 5.41) is 10.6. The molecule has 17 nitrogen and oxygen atoms in total. The summed E-state index contributed by atoms with van der Waals surface area (Å²) < 4.78 is 68.5. The Hall–Kier alpha value is -1.94. The van der Waals surface area contributed by atoms with Crippen molar-refractivity contribution < 1.29 is 80.2 Å². The summed E-state index contributed by atoms with van der Waals surface area (Å²) in [4.78, 5) is 72.8. The largest absolute Gasteiger partial charge is 0.472 e. The molecule has 0 rings (SSSR count). The van der Waals surface area contributed by atoms with Crippen LogP contribution in [-0.2, 0) is 65.4 Å². The van der Waals surface area contributed by atoms with Crippen molar-refractivity contribution in [1.29, 1.82) is 0 Å². The van der Waals surface area contributed by atoms with Gasteiger partial charge in [-0.1, -0.05) is 331 Å². The first-order valence-electron chi connectivity index (χ1n) is 39.2. The van der Waals surface area contributed by atoms with E-state index in [0.29, 0.717) is 31.6 Å². The minimum Gasteiger partial charge on any atom is -0.462 e. The van der Waals surface area contributed by atoms with Gasteiger partial charge in [0.1, 0.15) is 19.3 Å². The van der Waals surface area contributed by atoms with Crippen LogP contribution in [0.5, 0.6) is 0 Å². The SMILES string of the molecule is CC(C)CCCCCCCCCCCCCCCCC(=O)OC[C@H](COP(=O)(O)OC[C@@H](O)COP(=O)(O)OC[C@@H](COC(=O)CCCCCCCCC(C)C)OC(=O)CCCCCCCCCCCCCC(C)C)OC(=O)CCCCCCCCCCCCCCC(C)C. The molecular weight excluding hydrogens is 1250 g/mol.